The van der Waals surface area contributed by atoms with E-state index in [0.29, 0.717) is 12.6 Å². The van der Waals surface area contributed by atoms with Crippen LogP contribution in [0.5, 0.6) is 0 Å². The van der Waals surface area contributed by atoms with Crippen LogP contribution >= 0.6 is 11.6 Å². The van der Waals surface area contributed by atoms with Gasteiger partial charge in [-0.05, 0) is 43.9 Å². The molecule has 1 aliphatic carbocycles. The monoisotopic (exact) mass is 418 g/mol. The first-order valence-electron chi connectivity index (χ1n) is 10.9. The number of carbonyl (C=O) groups is 2. The number of benzene rings is 1. The molecule has 6 nitrogen and oxygen atoms in total. The van der Waals surface area contributed by atoms with Crippen LogP contribution in [-0.4, -0.2) is 67.0 Å². The Labute approximate surface area is 178 Å². The maximum atomic E-state index is 13.1. The summed E-state index contributed by atoms with van der Waals surface area (Å²) in [6.45, 7) is 4.36. The van der Waals surface area contributed by atoms with Gasteiger partial charge >= 0.3 is 6.03 Å². The van der Waals surface area contributed by atoms with E-state index in [2.05, 4.69) is 16.3 Å². The van der Waals surface area contributed by atoms with Crippen LogP contribution < -0.4 is 10.2 Å². The fourth-order valence-electron chi connectivity index (χ4n) is 4.82. The third-order valence-electron chi connectivity index (χ3n) is 6.51. The lowest BCUT2D eigenvalue weighted by atomic mass is 9.96. The smallest absolute Gasteiger partial charge is 0.317 e. The van der Waals surface area contributed by atoms with Gasteiger partial charge in [0.2, 0.25) is 5.91 Å². The van der Waals surface area contributed by atoms with E-state index in [4.69, 9.17) is 11.6 Å². The molecule has 7 heteroatoms. The molecule has 3 amide bonds. The van der Waals surface area contributed by atoms with Crippen molar-refractivity contribution in [3.05, 3.63) is 29.3 Å². The number of likely N-dealkylation sites (tertiary alicyclic amines) is 1. The van der Waals surface area contributed by atoms with Crippen molar-refractivity contribution in [3.8, 4) is 0 Å². The minimum atomic E-state index is -0.0733. The molecule has 0 aromatic heterocycles. The lowest BCUT2D eigenvalue weighted by Crippen LogP contribution is -2.54. The Kier molecular flexibility index (Phi) is 6.48. The molecule has 2 saturated heterocycles. The first-order valence-corrected chi connectivity index (χ1v) is 11.3. The number of amides is 3. The Morgan fingerprint density at radius 2 is 1.69 bits per heavy atom. The second-order valence-electron chi connectivity index (χ2n) is 8.51. The van der Waals surface area contributed by atoms with Crippen molar-refractivity contribution < 1.29 is 9.59 Å². The molecular formula is C22H31ClN4O2. The third-order valence-corrected chi connectivity index (χ3v) is 6.74. The van der Waals surface area contributed by atoms with Crippen LogP contribution in [0.3, 0.4) is 0 Å². The van der Waals surface area contributed by atoms with Gasteiger partial charge in [0, 0.05) is 56.0 Å². The highest BCUT2D eigenvalue weighted by molar-refractivity contribution is 6.30. The Balaban J connectivity index is 1.28. The Morgan fingerprint density at radius 3 is 2.41 bits per heavy atom. The number of piperazine rings is 1. The number of nitrogens with one attached hydrogen (secondary N) is 1. The van der Waals surface area contributed by atoms with Crippen LogP contribution in [0, 0.1) is 5.92 Å². The standard InChI is InChI=1S/C22H31ClN4O2/c23-18-6-3-9-20(15-18)25-11-13-26(14-12-25)21(28)17-5-4-10-27(16-17)22(29)24-19-7-1-2-8-19/h3,6,9,15,17,19H,1-2,4-5,7-8,10-14,16H2,(H,24,29)/t17-/m0/s1. The number of carbonyl (C=O) groups excluding carboxylic acids is 2. The van der Waals surface area contributed by atoms with E-state index in [1.807, 2.05) is 28.0 Å². The topological polar surface area (TPSA) is 55.9 Å². The van der Waals surface area contributed by atoms with Gasteiger partial charge in [0.1, 0.15) is 0 Å². The van der Waals surface area contributed by atoms with Crippen molar-refractivity contribution in [1.29, 1.82) is 0 Å². The lowest BCUT2D eigenvalue weighted by molar-refractivity contribution is -0.137. The summed E-state index contributed by atoms with van der Waals surface area (Å²) in [4.78, 5) is 31.8. The largest absolute Gasteiger partial charge is 0.368 e. The molecule has 158 valence electrons. The molecule has 2 aliphatic heterocycles. The Hall–Kier alpha value is -1.95. The lowest BCUT2D eigenvalue weighted by Gasteiger charge is -2.40. The molecule has 4 rings (SSSR count). The summed E-state index contributed by atoms with van der Waals surface area (Å²) in [6, 6.07) is 8.20. The summed E-state index contributed by atoms with van der Waals surface area (Å²) in [5, 5.41) is 3.90. The normalized spacial score (nSPS) is 23.3. The predicted octanol–water partition coefficient (Wildman–Crippen LogP) is 3.35. The van der Waals surface area contributed by atoms with Gasteiger partial charge < -0.3 is 20.0 Å². The SMILES string of the molecule is O=C(NC1CCCC1)N1CCC[C@H](C(=O)N2CCN(c3cccc(Cl)c3)CC2)C1. The van der Waals surface area contributed by atoms with Gasteiger partial charge in [-0.2, -0.15) is 0 Å². The molecule has 29 heavy (non-hydrogen) atoms. The van der Waals surface area contributed by atoms with E-state index >= 15 is 0 Å². The van der Waals surface area contributed by atoms with Crippen molar-refractivity contribution in [2.75, 3.05) is 44.2 Å². The zero-order valence-corrected chi connectivity index (χ0v) is 17.7. The molecule has 1 aromatic carbocycles. The van der Waals surface area contributed by atoms with Crippen LogP contribution in [0.4, 0.5) is 10.5 Å². The number of halogens is 1. The van der Waals surface area contributed by atoms with E-state index in [9.17, 15) is 9.59 Å². The van der Waals surface area contributed by atoms with Crippen LogP contribution in [0.2, 0.25) is 5.02 Å². The van der Waals surface area contributed by atoms with Gasteiger partial charge in [-0.15, -0.1) is 0 Å². The summed E-state index contributed by atoms with van der Waals surface area (Å²) in [5.41, 5.74) is 1.11. The number of hydrogen-bond donors (Lipinski definition) is 1. The average Bonchev–Trinajstić information content (AvgIpc) is 3.26. The molecule has 0 spiro atoms. The number of anilines is 1. The summed E-state index contributed by atoms with van der Waals surface area (Å²) in [6.07, 6.45) is 6.34. The van der Waals surface area contributed by atoms with Crippen LogP contribution in [-0.2, 0) is 4.79 Å². The molecule has 3 aliphatic rings. The third kappa shape index (κ3) is 4.97. The fraction of sp³-hybridized carbons (Fsp3) is 0.636. The zero-order chi connectivity index (χ0) is 20.2. The highest BCUT2D eigenvalue weighted by atomic mass is 35.5. The van der Waals surface area contributed by atoms with Gasteiger partial charge in [0.15, 0.2) is 0 Å². The second-order valence-corrected chi connectivity index (χ2v) is 8.94. The van der Waals surface area contributed by atoms with Crippen LogP contribution in [0.15, 0.2) is 24.3 Å². The summed E-state index contributed by atoms with van der Waals surface area (Å²) in [7, 11) is 0. The van der Waals surface area contributed by atoms with E-state index in [1.54, 1.807) is 0 Å². The summed E-state index contributed by atoms with van der Waals surface area (Å²) >= 11 is 6.11. The van der Waals surface area contributed by atoms with Gasteiger partial charge in [0.05, 0.1) is 5.92 Å². The Bertz CT molecular complexity index is 729. The highest BCUT2D eigenvalue weighted by Gasteiger charge is 2.33. The quantitative estimate of drug-likeness (QED) is 0.818. The maximum Gasteiger partial charge on any atom is 0.317 e. The van der Waals surface area contributed by atoms with Crippen molar-refractivity contribution >= 4 is 29.2 Å². The fourth-order valence-corrected chi connectivity index (χ4v) is 5.00. The molecule has 3 fully saturated rings. The maximum absolute atomic E-state index is 13.1. The number of hydrogen-bond acceptors (Lipinski definition) is 3. The molecule has 1 aromatic rings. The number of urea groups is 1. The second kappa shape index (κ2) is 9.24. The van der Waals surface area contributed by atoms with Crippen molar-refractivity contribution in [2.24, 2.45) is 5.92 Å². The predicted molar refractivity (Wildman–Crippen MR) is 115 cm³/mol. The van der Waals surface area contributed by atoms with Gasteiger partial charge in [-0.3, -0.25) is 4.79 Å². The first kappa shape index (κ1) is 20.3. The minimum Gasteiger partial charge on any atom is -0.368 e. The zero-order valence-electron chi connectivity index (χ0n) is 17.0. The minimum absolute atomic E-state index is 0.0141. The van der Waals surface area contributed by atoms with E-state index in [1.165, 1.54) is 12.8 Å². The number of piperidine rings is 1. The molecule has 1 atom stereocenters. The van der Waals surface area contributed by atoms with Crippen molar-refractivity contribution in [3.63, 3.8) is 0 Å². The Morgan fingerprint density at radius 1 is 0.931 bits per heavy atom. The van der Waals surface area contributed by atoms with E-state index < -0.39 is 0 Å². The highest BCUT2D eigenvalue weighted by Crippen LogP contribution is 2.24. The number of nitrogens with zero attached hydrogens (tertiary/aromatic N) is 3. The van der Waals surface area contributed by atoms with Gasteiger partial charge in [0.25, 0.3) is 0 Å². The van der Waals surface area contributed by atoms with Crippen molar-refractivity contribution in [1.82, 2.24) is 15.1 Å². The van der Waals surface area contributed by atoms with Crippen LogP contribution in [0.1, 0.15) is 38.5 Å². The molecule has 1 saturated carbocycles. The summed E-state index contributed by atoms with van der Waals surface area (Å²) < 4.78 is 0. The number of rotatable bonds is 3. The molecule has 0 radical (unpaired) electrons. The summed E-state index contributed by atoms with van der Waals surface area (Å²) in [5.74, 6) is 0.130. The van der Waals surface area contributed by atoms with E-state index in [0.717, 1.165) is 69.1 Å². The molecule has 1 N–H and O–H groups in total. The van der Waals surface area contributed by atoms with E-state index in [-0.39, 0.29) is 17.9 Å². The van der Waals surface area contributed by atoms with Gasteiger partial charge in [-0.1, -0.05) is 30.5 Å². The van der Waals surface area contributed by atoms with Gasteiger partial charge in [-0.25, -0.2) is 4.79 Å². The molecule has 0 unspecified atom stereocenters. The average molecular weight is 419 g/mol. The molecular weight excluding hydrogens is 388 g/mol. The first-order chi connectivity index (χ1) is 14.1. The van der Waals surface area contributed by atoms with Crippen molar-refractivity contribution in [2.45, 2.75) is 44.6 Å². The molecule has 2 heterocycles. The molecule has 0 bridgehead atoms. The van der Waals surface area contributed by atoms with Crippen LogP contribution in [0.25, 0.3) is 0 Å².